The molecule has 2 nitrogen and oxygen atoms in total. The van der Waals surface area contributed by atoms with Crippen molar-refractivity contribution in [2.45, 2.75) is 31.7 Å². The van der Waals surface area contributed by atoms with Crippen LogP contribution in [-0.4, -0.2) is 13.2 Å². The predicted molar refractivity (Wildman–Crippen MR) is 91.3 cm³/mol. The lowest BCUT2D eigenvalue weighted by Gasteiger charge is -2.37. The molecule has 0 aliphatic heterocycles. The molecule has 0 unspecified atom stereocenters. The van der Waals surface area contributed by atoms with Crippen molar-refractivity contribution < 1.29 is 4.74 Å². The monoisotopic (exact) mass is 345 g/mol. The number of methoxy groups -OCH3 is 1. The van der Waals surface area contributed by atoms with E-state index < -0.39 is 0 Å². The van der Waals surface area contributed by atoms with Gasteiger partial charge in [-0.1, -0.05) is 28.1 Å². The smallest absolute Gasteiger partial charge is 0.119 e. The maximum Gasteiger partial charge on any atom is 0.119 e. The lowest BCUT2D eigenvalue weighted by molar-refractivity contribution is 0.374. The summed E-state index contributed by atoms with van der Waals surface area (Å²) in [5.74, 6) is 1.59. The summed E-state index contributed by atoms with van der Waals surface area (Å²) in [6.45, 7) is 2.12. The van der Waals surface area contributed by atoms with E-state index in [1.165, 1.54) is 34.1 Å². The number of nitrogens with one attached hydrogen (secondary N) is 1. The summed E-state index contributed by atoms with van der Waals surface area (Å²) in [5, 5.41) is 3.65. The Bertz CT molecular complexity index is 635. The Morgan fingerprint density at radius 3 is 2.62 bits per heavy atom. The van der Waals surface area contributed by atoms with E-state index in [0.29, 0.717) is 12.0 Å². The molecule has 0 spiro atoms. The summed E-state index contributed by atoms with van der Waals surface area (Å²) in [6.07, 6.45) is 2.39. The van der Waals surface area contributed by atoms with Crippen molar-refractivity contribution in [2.75, 3.05) is 12.4 Å². The minimum atomic E-state index is 0.570. The number of aryl methyl sites for hydroxylation is 1. The SMILES string of the molecule is COc1ccc(NC2CC(c3cccc(Br)c3)C2)c(C)c1. The Morgan fingerprint density at radius 1 is 1.14 bits per heavy atom. The molecule has 0 atom stereocenters. The Morgan fingerprint density at radius 2 is 1.95 bits per heavy atom. The molecular formula is C18H20BrNO. The van der Waals surface area contributed by atoms with Crippen LogP contribution in [0.2, 0.25) is 0 Å². The lowest BCUT2D eigenvalue weighted by Crippen LogP contribution is -2.34. The van der Waals surface area contributed by atoms with Crippen molar-refractivity contribution in [3.05, 3.63) is 58.1 Å². The van der Waals surface area contributed by atoms with Crippen LogP contribution >= 0.6 is 15.9 Å². The molecule has 2 aromatic rings. The molecule has 3 heteroatoms. The third kappa shape index (κ3) is 3.24. The van der Waals surface area contributed by atoms with E-state index in [9.17, 15) is 0 Å². The Labute approximate surface area is 134 Å². The van der Waals surface area contributed by atoms with E-state index in [1.807, 2.05) is 6.07 Å². The van der Waals surface area contributed by atoms with E-state index in [0.717, 1.165) is 5.75 Å². The first kappa shape index (κ1) is 14.5. The number of halogens is 1. The maximum atomic E-state index is 5.25. The average molecular weight is 346 g/mol. The summed E-state index contributed by atoms with van der Waals surface area (Å²) in [7, 11) is 1.70. The number of benzene rings is 2. The highest BCUT2D eigenvalue weighted by Crippen LogP contribution is 2.39. The van der Waals surface area contributed by atoms with Crippen LogP contribution in [0, 0.1) is 6.92 Å². The van der Waals surface area contributed by atoms with Gasteiger partial charge in [-0.2, -0.15) is 0 Å². The molecule has 1 saturated carbocycles. The number of anilines is 1. The van der Waals surface area contributed by atoms with E-state index in [4.69, 9.17) is 4.74 Å². The third-order valence-electron chi connectivity index (χ3n) is 4.25. The van der Waals surface area contributed by atoms with Gasteiger partial charge in [0.2, 0.25) is 0 Å². The van der Waals surface area contributed by atoms with Gasteiger partial charge in [0.05, 0.1) is 7.11 Å². The number of ether oxygens (including phenoxy) is 1. The molecule has 0 saturated heterocycles. The molecule has 21 heavy (non-hydrogen) atoms. The fourth-order valence-electron chi connectivity index (χ4n) is 2.91. The lowest BCUT2D eigenvalue weighted by atomic mass is 9.76. The molecule has 0 heterocycles. The second-order valence-corrected chi connectivity index (χ2v) is 6.66. The van der Waals surface area contributed by atoms with Gasteiger partial charge >= 0.3 is 0 Å². The zero-order valence-corrected chi connectivity index (χ0v) is 14.0. The Kier molecular flexibility index (Phi) is 4.20. The van der Waals surface area contributed by atoms with Gasteiger partial charge in [0.15, 0.2) is 0 Å². The quantitative estimate of drug-likeness (QED) is 0.829. The van der Waals surface area contributed by atoms with Gasteiger partial charge in [0.1, 0.15) is 5.75 Å². The first-order valence-electron chi connectivity index (χ1n) is 7.32. The van der Waals surface area contributed by atoms with Crippen molar-refractivity contribution >= 4 is 21.6 Å². The van der Waals surface area contributed by atoms with Crippen LogP contribution in [0.4, 0.5) is 5.69 Å². The maximum absolute atomic E-state index is 5.25. The van der Waals surface area contributed by atoms with Gasteiger partial charge in [-0.15, -0.1) is 0 Å². The third-order valence-corrected chi connectivity index (χ3v) is 4.74. The minimum absolute atomic E-state index is 0.570. The van der Waals surface area contributed by atoms with Crippen molar-refractivity contribution in [1.29, 1.82) is 0 Å². The van der Waals surface area contributed by atoms with Crippen molar-refractivity contribution in [3.8, 4) is 5.75 Å². The van der Waals surface area contributed by atoms with Crippen molar-refractivity contribution in [1.82, 2.24) is 0 Å². The molecule has 0 aromatic heterocycles. The molecule has 1 fully saturated rings. The fourth-order valence-corrected chi connectivity index (χ4v) is 3.33. The molecule has 0 amide bonds. The zero-order valence-electron chi connectivity index (χ0n) is 12.4. The van der Waals surface area contributed by atoms with Gasteiger partial charge in [0.25, 0.3) is 0 Å². The Balaban J connectivity index is 1.60. The molecule has 0 radical (unpaired) electrons. The minimum Gasteiger partial charge on any atom is -0.497 e. The van der Waals surface area contributed by atoms with Crippen LogP contribution in [-0.2, 0) is 0 Å². The Hall–Kier alpha value is -1.48. The van der Waals surface area contributed by atoms with Crippen molar-refractivity contribution in [3.63, 3.8) is 0 Å². The highest BCUT2D eigenvalue weighted by atomic mass is 79.9. The molecule has 110 valence electrons. The topological polar surface area (TPSA) is 21.3 Å². The summed E-state index contributed by atoms with van der Waals surface area (Å²) >= 11 is 3.55. The van der Waals surface area contributed by atoms with Gasteiger partial charge in [0, 0.05) is 16.2 Å². The summed E-state index contributed by atoms with van der Waals surface area (Å²) in [4.78, 5) is 0. The van der Waals surface area contributed by atoms with Crippen LogP contribution in [0.15, 0.2) is 46.9 Å². The van der Waals surface area contributed by atoms with Crippen molar-refractivity contribution in [2.24, 2.45) is 0 Å². The largest absolute Gasteiger partial charge is 0.497 e. The van der Waals surface area contributed by atoms with Crippen LogP contribution in [0.5, 0.6) is 5.75 Å². The molecule has 1 aliphatic carbocycles. The van der Waals surface area contributed by atoms with Gasteiger partial charge < -0.3 is 10.1 Å². The summed E-state index contributed by atoms with van der Waals surface area (Å²) in [5.41, 5.74) is 3.89. The summed E-state index contributed by atoms with van der Waals surface area (Å²) in [6, 6.07) is 15.4. The van der Waals surface area contributed by atoms with E-state index in [1.54, 1.807) is 7.11 Å². The first-order valence-corrected chi connectivity index (χ1v) is 8.11. The van der Waals surface area contributed by atoms with E-state index in [2.05, 4.69) is 64.6 Å². The van der Waals surface area contributed by atoms with Gasteiger partial charge in [-0.25, -0.2) is 0 Å². The molecule has 1 aliphatic rings. The second-order valence-electron chi connectivity index (χ2n) is 5.75. The number of hydrogen-bond acceptors (Lipinski definition) is 2. The highest BCUT2D eigenvalue weighted by Gasteiger charge is 2.30. The van der Waals surface area contributed by atoms with Crippen LogP contribution in [0.3, 0.4) is 0 Å². The van der Waals surface area contributed by atoms with E-state index >= 15 is 0 Å². The highest BCUT2D eigenvalue weighted by molar-refractivity contribution is 9.10. The first-order chi connectivity index (χ1) is 10.2. The number of rotatable bonds is 4. The molecule has 1 N–H and O–H groups in total. The second kappa shape index (κ2) is 6.10. The van der Waals surface area contributed by atoms with E-state index in [-0.39, 0.29) is 0 Å². The standard InChI is InChI=1S/C18H20BrNO/c1-12-8-17(21-2)6-7-18(12)20-16-10-14(11-16)13-4-3-5-15(19)9-13/h3-9,14,16,20H,10-11H2,1-2H3. The van der Waals surface area contributed by atoms with Gasteiger partial charge in [-0.05, 0) is 67.1 Å². The van der Waals surface area contributed by atoms with Crippen LogP contribution in [0.1, 0.15) is 29.9 Å². The predicted octanol–water partition coefficient (Wildman–Crippen LogP) is 5.12. The van der Waals surface area contributed by atoms with Crippen LogP contribution < -0.4 is 10.1 Å². The summed E-state index contributed by atoms with van der Waals surface area (Å²) < 4.78 is 6.42. The van der Waals surface area contributed by atoms with Gasteiger partial charge in [-0.3, -0.25) is 0 Å². The zero-order chi connectivity index (χ0) is 14.8. The molecule has 0 bridgehead atoms. The number of hydrogen-bond donors (Lipinski definition) is 1. The average Bonchev–Trinajstić information content (AvgIpc) is 2.43. The molecule has 3 rings (SSSR count). The molecular weight excluding hydrogens is 326 g/mol. The van der Waals surface area contributed by atoms with Crippen LogP contribution in [0.25, 0.3) is 0 Å². The fraction of sp³-hybridized carbons (Fsp3) is 0.333. The molecule has 2 aromatic carbocycles. The normalized spacial score (nSPS) is 20.7.